The summed E-state index contributed by atoms with van der Waals surface area (Å²) in [5.74, 6) is -0.574. The van der Waals surface area contributed by atoms with Gasteiger partial charge >= 0.3 is 0 Å². The summed E-state index contributed by atoms with van der Waals surface area (Å²) in [6.45, 7) is 0.787. The van der Waals surface area contributed by atoms with Gasteiger partial charge in [0.25, 0.3) is 5.91 Å². The monoisotopic (exact) mass is 359 g/mol. The van der Waals surface area contributed by atoms with E-state index in [4.69, 9.17) is 9.84 Å². The number of nitrogens with one attached hydrogen (secondary N) is 2. The number of aliphatic hydroxyl groups is 1. The van der Waals surface area contributed by atoms with Crippen molar-refractivity contribution in [1.82, 2.24) is 15.3 Å². The fourth-order valence-electron chi connectivity index (χ4n) is 2.35. The third-order valence-corrected chi connectivity index (χ3v) is 4.37. The first-order chi connectivity index (χ1) is 12.2. The number of aromatic nitrogens is 2. The normalized spacial score (nSPS) is 10.9. The number of rotatable bonds is 8. The van der Waals surface area contributed by atoms with Gasteiger partial charge < -0.3 is 20.1 Å². The number of H-pyrrole nitrogens is 1. The van der Waals surface area contributed by atoms with E-state index in [1.54, 1.807) is 11.6 Å². The summed E-state index contributed by atoms with van der Waals surface area (Å²) in [7, 11) is 0. The lowest BCUT2D eigenvalue weighted by Crippen LogP contribution is -2.27. The number of carbonyl (C=O) groups excluding carboxylic acids is 2. The Hall–Kier alpha value is -2.55. The van der Waals surface area contributed by atoms with Gasteiger partial charge in [0.05, 0.1) is 25.4 Å². The summed E-state index contributed by atoms with van der Waals surface area (Å²) < 4.78 is 5.06. The number of thiazole rings is 1. The molecule has 0 fully saturated rings. The van der Waals surface area contributed by atoms with Crippen LogP contribution in [0, 0.1) is 0 Å². The van der Waals surface area contributed by atoms with E-state index in [9.17, 15) is 9.59 Å². The van der Waals surface area contributed by atoms with Crippen LogP contribution in [0.2, 0.25) is 0 Å². The van der Waals surface area contributed by atoms with E-state index in [1.165, 1.54) is 0 Å². The van der Waals surface area contributed by atoms with Gasteiger partial charge in [-0.1, -0.05) is 18.2 Å². The number of para-hydroxylation sites is 1. The predicted octanol–water partition coefficient (Wildman–Crippen LogP) is 1.59. The number of carbonyl (C=O) groups is 2. The van der Waals surface area contributed by atoms with Crippen molar-refractivity contribution >= 4 is 33.9 Å². The van der Waals surface area contributed by atoms with E-state index in [0.29, 0.717) is 18.7 Å². The van der Waals surface area contributed by atoms with E-state index in [2.05, 4.69) is 15.3 Å². The minimum Gasteiger partial charge on any atom is -0.394 e. The maximum Gasteiger partial charge on any atom is 0.270 e. The molecule has 7 nitrogen and oxygen atoms in total. The molecule has 3 rings (SSSR count). The molecular weight excluding hydrogens is 342 g/mol. The zero-order valence-corrected chi connectivity index (χ0v) is 14.1. The summed E-state index contributed by atoms with van der Waals surface area (Å²) in [5, 5.41) is 13.9. The maximum atomic E-state index is 12.6. The van der Waals surface area contributed by atoms with Gasteiger partial charge in [0.15, 0.2) is 5.01 Å². The van der Waals surface area contributed by atoms with Crippen LogP contribution in [-0.4, -0.2) is 53.1 Å². The van der Waals surface area contributed by atoms with Crippen molar-refractivity contribution in [3.05, 3.63) is 52.1 Å². The molecule has 1 aromatic carbocycles. The van der Waals surface area contributed by atoms with Gasteiger partial charge in [0.2, 0.25) is 5.78 Å². The molecule has 1 amide bonds. The summed E-state index contributed by atoms with van der Waals surface area (Å²) in [6, 6.07) is 7.52. The van der Waals surface area contributed by atoms with Gasteiger partial charge in [0, 0.05) is 29.0 Å². The number of benzene rings is 1. The average Bonchev–Trinajstić information content (AvgIpc) is 3.28. The van der Waals surface area contributed by atoms with Crippen LogP contribution in [0.4, 0.5) is 0 Å². The number of aromatic amines is 1. The van der Waals surface area contributed by atoms with Crippen molar-refractivity contribution in [1.29, 1.82) is 0 Å². The second-order valence-electron chi connectivity index (χ2n) is 5.21. The Kier molecular flexibility index (Phi) is 5.54. The Morgan fingerprint density at radius 3 is 2.96 bits per heavy atom. The van der Waals surface area contributed by atoms with Crippen LogP contribution >= 0.6 is 11.3 Å². The largest absolute Gasteiger partial charge is 0.394 e. The number of hydrogen-bond acceptors (Lipinski definition) is 6. The fourth-order valence-corrected chi connectivity index (χ4v) is 3.10. The number of ether oxygens (including phenoxy) is 1. The van der Waals surface area contributed by atoms with Gasteiger partial charge in [-0.15, -0.1) is 11.3 Å². The van der Waals surface area contributed by atoms with Crippen molar-refractivity contribution < 1.29 is 19.4 Å². The Bertz CT molecular complexity index is 887. The third kappa shape index (κ3) is 3.93. The zero-order chi connectivity index (χ0) is 17.6. The molecule has 0 spiro atoms. The van der Waals surface area contributed by atoms with E-state index in [-0.39, 0.29) is 35.6 Å². The highest BCUT2D eigenvalue weighted by atomic mass is 32.1. The average molecular weight is 359 g/mol. The SMILES string of the molecule is O=C(NCCOCCO)c1csc(C(=O)c2c[nH]c3ccccc23)n1. The second kappa shape index (κ2) is 8.02. The van der Waals surface area contributed by atoms with Gasteiger partial charge in [0.1, 0.15) is 5.69 Å². The van der Waals surface area contributed by atoms with Crippen molar-refractivity contribution in [3.63, 3.8) is 0 Å². The van der Waals surface area contributed by atoms with Crippen molar-refractivity contribution in [2.75, 3.05) is 26.4 Å². The number of amides is 1. The third-order valence-electron chi connectivity index (χ3n) is 3.53. The minimum absolute atomic E-state index is 0.0562. The number of aliphatic hydroxyl groups excluding tert-OH is 1. The molecule has 0 aliphatic heterocycles. The fraction of sp³-hybridized carbons (Fsp3) is 0.235. The zero-order valence-electron chi connectivity index (χ0n) is 13.3. The molecule has 0 atom stereocenters. The number of hydrogen-bond donors (Lipinski definition) is 3. The van der Waals surface area contributed by atoms with E-state index in [0.717, 1.165) is 22.2 Å². The molecule has 0 unspecified atom stereocenters. The lowest BCUT2D eigenvalue weighted by molar-refractivity contribution is 0.0835. The molecule has 25 heavy (non-hydrogen) atoms. The Morgan fingerprint density at radius 1 is 1.28 bits per heavy atom. The van der Waals surface area contributed by atoms with Gasteiger partial charge in [-0.05, 0) is 6.07 Å². The Morgan fingerprint density at radius 2 is 2.12 bits per heavy atom. The summed E-state index contributed by atoms with van der Waals surface area (Å²) in [6.07, 6.45) is 1.66. The van der Waals surface area contributed by atoms with Gasteiger partial charge in [-0.25, -0.2) is 4.98 Å². The number of ketones is 1. The Labute approximate surface area is 147 Å². The van der Waals surface area contributed by atoms with Crippen molar-refractivity contribution in [2.24, 2.45) is 0 Å². The molecular formula is C17H17N3O4S. The van der Waals surface area contributed by atoms with Crippen LogP contribution < -0.4 is 5.32 Å². The molecule has 3 N–H and O–H groups in total. The highest BCUT2D eigenvalue weighted by Gasteiger charge is 2.19. The van der Waals surface area contributed by atoms with Gasteiger partial charge in [-0.2, -0.15) is 0 Å². The first-order valence-electron chi connectivity index (χ1n) is 7.74. The molecule has 8 heteroatoms. The standard InChI is InChI=1S/C17H17N3O4S/c21-6-8-24-7-5-18-16(23)14-10-25-17(20-14)15(22)12-9-19-13-4-2-1-3-11(12)13/h1-4,9-10,19,21H,5-8H2,(H,18,23). The quantitative estimate of drug-likeness (QED) is 0.419. The van der Waals surface area contributed by atoms with Crippen molar-refractivity contribution in [3.8, 4) is 0 Å². The molecule has 0 aliphatic rings. The minimum atomic E-state index is -0.359. The second-order valence-corrected chi connectivity index (χ2v) is 6.06. The predicted molar refractivity (Wildman–Crippen MR) is 94.1 cm³/mol. The molecule has 2 heterocycles. The number of nitrogens with zero attached hydrogens (tertiary/aromatic N) is 1. The van der Waals surface area contributed by atoms with E-state index < -0.39 is 0 Å². The highest BCUT2D eigenvalue weighted by molar-refractivity contribution is 7.12. The molecule has 0 saturated carbocycles. The van der Waals surface area contributed by atoms with E-state index >= 15 is 0 Å². The first kappa shape index (κ1) is 17.3. The van der Waals surface area contributed by atoms with Crippen LogP contribution in [0.1, 0.15) is 25.9 Å². The molecule has 0 aliphatic carbocycles. The molecule has 0 radical (unpaired) electrons. The van der Waals surface area contributed by atoms with Crippen molar-refractivity contribution in [2.45, 2.75) is 0 Å². The maximum absolute atomic E-state index is 12.6. The topological polar surface area (TPSA) is 104 Å². The smallest absolute Gasteiger partial charge is 0.270 e. The molecule has 0 saturated heterocycles. The molecule has 130 valence electrons. The molecule has 2 aromatic heterocycles. The lowest BCUT2D eigenvalue weighted by Gasteiger charge is -2.03. The van der Waals surface area contributed by atoms with Crippen LogP contribution in [0.3, 0.4) is 0 Å². The van der Waals surface area contributed by atoms with Crippen LogP contribution in [0.15, 0.2) is 35.8 Å². The summed E-state index contributed by atoms with van der Waals surface area (Å²) in [4.78, 5) is 31.9. The molecule has 0 bridgehead atoms. The summed E-state index contributed by atoms with van der Waals surface area (Å²) >= 11 is 1.14. The van der Waals surface area contributed by atoms with E-state index in [1.807, 2.05) is 24.3 Å². The first-order valence-corrected chi connectivity index (χ1v) is 8.62. The van der Waals surface area contributed by atoms with Crippen LogP contribution in [0.5, 0.6) is 0 Å². The van der Waals surface area contributed by atoms with Crippen LogP contribution in [0.25, 0.3) is 10.9 Å². The highest BCUT2D eigenvalue weighted by Crippen LogP contribution is 2.22. The van der Waals surface area contributed by atoms with Crippen LogP contribution in [-0.2, 0) is 4.74 Å². The molecule has 3 aromatic rings. The lowest BCUT2D eigenvalue weighted by atomic mass is 10.1. The Balaban J connectivity index is 1.66. The van der Waals surface area contributed by atoms with Gasteiger partial charge in [-0.3, -0.25) is 9.59 Å². The summed E-state index contributed by atoms with van der Waals surface area (Å²) in [5.41, 5.74) is 1.62. The number of fused-ring (bicyclic) bond motifs is 1.